The van der Waals surface area contributed by atoms with Crippen LogP contribution in [0.5, 0.6) is 0 Å². The number of nitrogens with one attached hydrogen (secondary N) is 2. The molecule has 2 aromatic rings. The van der Waals surface area contributed by atoms with Gasteiger partial charge in [0.25, 0.3) is 0 Å². The molecule has 0 heterocycles. The molecule has 15 heteroatoms. The smallest absolute Gasteiger partial charge is 0.408 e. The van der Waals surface area contributed by atoms with Crippen molar-refractivity contribution < 1.29 is 43.3 Å². The first-order valence-corrected chi connectivity index (χ1v) is 15.1. The Bertz CT molecular complexity index is 1530. The van der Waals surface area contributed by atoms with Gasteiger partial charge in [0.15, 0.2) is 5.69 Å². The third-order valence-electron chi connectivity index (χ3n) is 6.77. The number of amides is 3. The van der Waals surface area contributed by atoms with Crippen LogP contribution in [0, 0.1) is 34.3 Å². The summed E-state index contributed by atoms with van der Waals surface area (Å²) in [6, 6.07) is 4.74. The van der Waals surface area contributed by atoms with Crippen molar-refractivity contribution in [2.75, 3.05) is 7.11 Å². The van der Waals surface area contributed by atoms with Gasteiger partial charge >= 0.3 is 24.1 Å². The molecule has 0 saturated heterocycles. The van der Waals surface area contributed by atoms with Crippen LogP contribution in [-0.2, 0) is 36.6 Å². The lowest BCUT2D eigenvalue weighted by Gasteiger charge is -2.23. The first-order chi connectivity index (χ1) is 22.0. The molecule has 3 amide bonds. The van der Waals surface area contributed by atoms with Crippen molar-refractivity contribution in [1.82, 2.24) is 10.6 Å². The van der Waals surface area contributed by atoms with Gasteiger partial charge in [-0.15, -0.1) is 0 Å². The van der Waals surface area contributed by atoms with Crippen LogP contribution in [0.4, 0.5) is 15.3 Å². The molecule has 0 radical (unpaired) electrons. The molecule has 13 nitrogen and oxygen atoms in total. The number of nitrogens with two attached hydrogens (primary N) is 1. The zero-order valence-corrected chi connectivity index (χ0v) is 32.6. The molecule has 2 atom stereocenters. The fourth-order valence-corrected chi connectivity index (χ4v) is 4.66. The first-order valence-electron chi connectivity index (χ1n) is 15.1. The van der Waals surface area contributed by atoms with Crippen LogP contribution in [0.3, 0.4) is 0 Å². The van der Waals surface area contributed by atoms with E-state index in [-0.39, 0.29) is 39.8 Å². The highest BCUT2D eigenvalue weighted by Crippen LogP contribution is 2.24. The van der Waals surface area contributed by atoms with Gasteiger partial charge in [0.1, 0.15) is 23.3 Å². The maximum Gasteiger partial charge on any atom is 0.408 e. The lowest BCUT2D eigenvalue weighted by atomic mass is 9.94. The average molecular weight is 737 g/mol. The van der Waals surface area contributed by atoms with E-state index in [1.165, 1.54) is 7.11 Å². The highest BCUT2D eigenvalue weighted by Gasteiger charge is 2.27. The Morgan fingerprint density at radius 3 is 1.44 bits per heavy atom. The number of esters is 1. The van der Waals surface area contributed by atoms with Crippen LogP contribution in [-0.4, -0.2) is 65.5 Å². The molecule has 0 spiro atoms. The fourth-order valence-electron chi connectivity index (χ4n) is 4.66. The van der Waals surface area contributed by atoms with Crippen LogP contribution in [0.1, 0.15) is 85.3 Å². The largest absolute Gasteiger partial charge is 0.480 e. The molecule has 0 saturated carbocycles. The highest BCUT2D eigenvalue weighted by molar-refractivity contribution is 7.59. The monoisotopic (exact) mass is 736 g/mol. The highest BCUT2D eigenvalue weighted by atomic mass is 32.1. The van der Waals surface area contributed by atoms with Crippen LogP contribution in [0.15, 0.2) is 24.3 Å². The van der Waals surface area contributed by atoms with Gasteiger partial charge in [0.05, 0.1) is 13.7 Å². The molecule has 0 bridgehead atoms. The number of aliphatic carboxylic acids is 1. The maximum atomic E-state index is 12.0. The number of benzene rings is 2. The Morgan fingerprint density at radius 1 is 0.760 bits per heavy atom. The van der Waals surface area contributed by atoms with Crippen LogP contribution < -0.4 is 16.4 Å². The van der Waals surface area contributed by atoms with E-state index in [1.54, 1.807) is 79.7 Å². The summed E-state index contributed by atoms with van der Waals surface area (Å²) in [6.07, 6.45) is -1.13. The molecule has 2 aromatic carbocycles. The SMILES string of the molecule is Cc1cc(C(N)=O)cc(C)c1C[C@H](NC(=O)OC(C)(C)C)C(=O)O.S.S.[C-]#[N+]c1cc(C)c(C[C@H](NC(=O)OC(C)(C)C)C(=O)OC)c(C)c1. The fraction of sp³-hybridized carbons (Fsp3) is 0.486. The van der Waals surface area contributed by atoms with Gasteiger partial charge in [-0.2, -0.15) is 27.0 Å². The van der Waals surface area contributed by atoms with E-state index in [0.717, 1.165) is 33.4 Å². The number of carbonyl (C=O) groups is 5. The Labute approximate surface area is 308 Å². The number of hydrogen-bond donors (Lipinski definition) is 4. The minimum Gasteiger partial charge on any atom is -0.480 e. The Balaban J connectivity index is 0. The molecule has 0 aliphatic carbocycles. The lowest BCUT2D eigenvalue weighted by molar-refractivity contribution is -0.143. The third kappa shape index (κ3) is 16.3. The molecule has 2 rings (SSSR count). The van der Waals surface area contributed by atoms with Crippen molar-refractivity contribution >= 4 is 62.7 Å². The topological polar surface area (TPSA) is 188 Å². The second-order valence-electron chi connectivity index (χ2n) is 13.3. The van der Waals surface area contributed by atoms with Crippen LogP contribution in [0.2, 0.25) is 0 Å². The van der Waals surface area contributed by atoms with Gasteiger partial charge in [-0.25, -0.2) is 24.0 Å². The average Bonchev–Trinajstić information content (AvgIpc) is 2.93. The number of primary amides is 1. The second-order valence-corrected chi connectivity index (χ2v) is 13.3. The third-order valence-corrected chi connectivity index (χ3v) is 6.77. The number of carboxylic acids is 1. The normalized spacial score (nSPS) is 11.7. The number of carbonyl (C=O) groups excluding carboxylic acids is 4. The van der Waals surface area contributed by atoms with E-state index < -0.39 is 53.3 Å². The summed E-state index contributed by atoms with van der Waals surface area (Å²) >= 11 is 0. The Hall–Kier alpha value is -4.42. The summed E-state index contributed by atoms with van der Waals surface area (Å²) in [5, 5.41) is 14.3. The summed E-state index contributed by atoms with van der Waals surface area (Å²) in [5.74, 6) is -2.26. The number of methoxy groups -OCH3 is 1. The summed E-state index contributed by atoms with van der Waals surface area (Å²) in [7, 11) is 1.27. The Kier molecular flexibility index (Phi) is 19.4. The van der Waals surface area contributed by atoms with E-state index in [1.807, 2.05) is 13.8 Å². The second kappa shape index (κ2) is 20.3. The number of hydrogen-bond acceptors (Lipinski definition) is 8. The molecule has 0 aromatic heterocycles. The van der Waals surface area contributed by atoms with Crippen molar-refractivity contribution in [3.05, 3.63) is 74.6 Å². The molecule has 0 aliphatic rings. The lowest BCUT2D eigenvalue weighted by Crippen LogP contribution is -2.45. The van der Waals surface area contributed by atoms with E-state index in [2.05, 4.69) is 15.5 Å². The van der Waals surface area contributed by atoms with Gasteiger partial charge < -0.3 is 35.7 Å². The van der Waals surface area contributed by atoms with E-state index >= 15 is 0 Å². The van der Waals surface area contributed by atoms with Gasteiger partial charge in [-0.05, 0) is 104 Å². The quantitative estimate of drug-likeness (QED) is 0.144. The van der Waals surface area contributed by atoms with Gasteiger partial charge in [-0.1, -0.05) is 23.3 Å². The van der Waals surface area contributed by atoms with Crippen molar-refractivity contribution in [2.45, 2.75) is 105 Å². The molecule has 0 fully saturated rings. The zero-order valence-electron chi connectivity index (χ0n) is 30.6. The number of ether oxygens (including phenoxy) is 3. The van der Waals surface area contributed by atoms with Crippen LogP contribution in [0.25, 0.3) is 4.85 Å². The summed E-state index contributed by atoms with van der Waals surface area (Å²) in [6.45, 7) is 24.7. The van der Waals surface area contributed by atoms with Crippen molar-refractivity contribution in [3.8, 4) is 0 Å². The zero-order chi connectivity index (χ0) is 37.1. The molecule has 0 unspecified atom stereocenters. The molecule has 278 valence electrons. The minimum absolute atomic E-state index is 0. The van der Waals surface area contributed by atoms with E-state index in [0.29, 0.717) is 11.3 Å². The molecular weight excluding hydrogens is 685 g/mol. The number of rotatable bonds is 9. The van der Waals surface area contributed by atoms with E-state index in [9.17, 15) is 29.1 Å². The Morgan fingerprint density at radius 2 is 1.12 bits per heavy atom. The molecule has 50 heavy (non-hydrogen) atoms. The summed E-state index contributed by atoms with van der Waals surface area (Å²) < 4.78 is 15.1. The number of nitrogens with zero attached hydrogens (tertiary/aromatic N) is 1. The number of alkyl carbamates (subject to hydrolysis) is 2. The summed E-state index contributed by atoms with van der Waals surface area (Å²) in [5.41, 5.74) is 9.69. The van der Waals surface area contributed by atoms with E-state index in [4.69, 9.17) is 26.5 Å². The standard InChI is InChI=1S/C18H24N2O4.C17H24N2O5.2H2S/c1-11-8-13(19-6)9-12(2)14(11)10-15(16(21)23-7)20-17(22)24-18(3,4)5;1-9-6-11(14(18)20)7-10(2)12(9)8-13(15(21)22)19-16(23)24-17(3,4)5;;/h8-9,15H,10H2,1-5,7H3,(H,20,22);6-7,13H,8H2,1-5H3,(H2,18,20)(H,19,23)(H,21,22);2*1H2/t15-;13-;;/m00../s1. The van der Waals surface area contributed by atoms with Crippen molar-refractivity contribution in [3.63, 3.8) is 0 Å². The van der Waals surface area contributed by atoms with Gasteiger partial charge in [-0.3, -0.25) is 4.79 Å². The molecule has 5 N–H and O–H groups in total. The van der Waals surface area contributed by atoms with Gasteiger partial charge in [0.2, 0.25) is 5.91 Å². The summed E-state index contributed by atoms with van der Waals surface area (Å²) in [4.78, 5) is 62.0. The number of carboxylic acid groups (broad SMARTS) is 1. The predicted molar refractivity (Wildman–Crippen MR) is 201 cm³/mol. The number of aryl methyl sites for hydroxylation is 4. The molecular formula is C35H52N4O9S2. The van der Waals surface area contributed by atoms with Crippen molar-refractivity contribution in [1.29, 1.82) is 0 Å². The van der Waals surface area contributed by atoms with Gasteiger partial charge in [0, 0.05) is 18.4 Å². The maximum absolute atomic E-state index is 12.0. The first kappa shape index (κ1) is 47.7. The van der Waals surface area contributed by atoms with Crippen LogP contribution >= 0.6 is 27.0 Å². The molecule has 0 aliphatic heterocycles. The predicted octanol–water partition coefficient (Wildman–Crippen LogP) is 5.61. The minimum atomic E-state index is -1.17. The van der Waals surface area contributed by atoms with Crippen molar-refractivity contribution in [2.24, 2.45) is 5.73 Å².